The van der Waals surface area contributed by atoms with E-state index in [2.05, 4.69) is 0 Å². The van der Waals surface area contributed by atoms with Crippen LogP contribution in [-0.4, -0.2) is 59.1 Å². The fourth-order valence-corrected chi connectivity index (χ4v) is 5.72. The number of non-ortho nitro benzene ring substituents is 3. The van der Waals surface area contributed by atoms with E-state index in [0.717, 1.165) is 0 Å². The number of hydrogen-bond donors (Lipinski definition) is 0. The second-order valence-corrected chi connectivity index (χ2v) is 10.8. The monoisotopic (exact) mass is 846 g/mol. The van der Waals surface area contributed by atoms with Crippen LogP contribution in [-0.2, 0) is 0 Å². The van der Waals surface area contributed by atoms with Gasteiger partial charge < -0.3 is 0 Å². The summed E-state index contributed by atoms with van der Waals surface area (Å²) in [6.45, 7) is 0. The highest BCUT2D eigenvalue weighted by atomic mass is 16.7. The molecule has 0 atom stereocenters. The molecular formula is C24H6N12O24. The molecule has 0 spiro atoms. The first kappa shape index (κ1) is 42.4. The lowest BCUT2D eigenvalue weighted by atomic mass is 9.81. The molecule has 0 saturated heterocycles. The van der Waals surface area contributed by atoms with Crippen molar-refractivity contribution in [1.29, 1.82) is 0 Å². The maximum Gasteiger partial charge on any atom is 0.423 e. The molecule has 36 nitrogen and oxygen atoms in total. The van der Waals surface area contributed by atoms with Crippen LogP contribution in [0.2, 0.25) is 0 Å². The van der Waals surface area contributed by atoms with Gasteiger partial charge in [0.15, 0.2) is 0 Å². The van der Waals surface area contributed by atoms with Gasteiger partial charge in [0, 0.05) is 5.56 Å². The fraction of sp³-hybridized carbons (Fsp3) is 0. The van der Waals surface area contributed by atoms with Gasteiger partial charge in [0.2, 0.25) is 0 Å². The van der Waals surface area contributed by atoms with Crippen molar-refractivity contribution in [3.8, 4) is 33.4 Å². The van der Waals surface area contributed by atoms with Crippen LogP contribution in [0, 0.1) is 121 Å². The van der Waals surface area contributed by atoms with Gasteiger partial charge in [-0.15, -0.1) is 0 Å². The lowest BCUT2D eigenvalue weighted by Crippen LogP contribution is -2.12. The minimum atomic E-state index is -2.70. The minimum Gasteiger partial charge on any atom is -0.258 e. The summed E-state index contributed by atoms with van der Waals surface area (Å²) in [5, 5.41) is 149. The zero-order valence-electron chi connectivity index (χ0n) is 27.6. The molecule has 0 saturated carbocycles. The van der Waals surface area contributed by atoms with Gasteiger partial charge in [-0.05, 0) is 0 Å². The Kier molecular flexibility index (Phi) is 10.7. The standard InChI is InChI=1S/C24H6N12O24/c37-25(38)7-1-10(28(43)44)16(11(2-7)29(45)46)19-20(17-12(30(47)48)3-8(26(39)40)4-13(17)31(49)50)22(34(55)56)24(36(59)60)23(35(57)58)21(19)18-14(32(51)52)5-9(27(41)42)6-15(18)33(53)54/h1-6H. The van der Waals surface area contributed by atoms with Crippen molar-refractivity contribution in [3.05, 3.63) is 158 Å². The zero-order valence-corrected chi connectivity index (χ0v) is 27.6. The topological polar surface area (TPSA) is 518 Å². The Labute approximate surface area is 318 Å². The number of nitro groups is 12. The highest BCUT2D eigenvalue weighted by Crippen LogP contribution is 2.63. The molecule has 36 heteroatoms. The average Bonchev–Trinajstić information content (AvgIpc) is 3.14. The smallest absolute Gasteiger partial charge is 0.258 e. The van der Waals surface area contributed by atoms with Crippen LogP contribution in [0.3, 0.4) is 0 Å². The predicted molar refractivity (Wildman–Crippen MR) is 183 cm³/mol. The molecule has 0 unspecified atom stereocenters. The van der Waals surface area contributed by atoms with Gasteiger partial charge in [-0.2, -0.15) is 0 Å². The van der Waals surface area contributed by atoms with Crippen molar-refractivity contribution in [2.45, 2.75) is 0 Å². The van der Waals surface area contributed by atoms with Crippen LogP contribution >= 0.6 is 0 Å². The van der Waals surface area contributed by atoms with Gasteiger partial charge in [0.1, 0.15) is 16.7 Å². The van der Waals surface area contributed by atoms with E-state index in [4.69, 9.17) is 0 Å². The van der Waals surface area contributed by atoms with Gasteiger partial charge in [-0.25, -0.2) is 0 Å². The number of nitrogens with zero attached hydrogens (tertiary/aromatic N) is 12. The first-order chi connectivity index (χ1) is 27.8. The molecule has 0 N–H and O–H groups in total. The SMILES string of the molecule is O=[N+]([O-])c1cc([N+](=O)[O-])c(-c2c(-c3c([N+](=O)[O-])cc([N+](=O)[O-])cc3[N+](=O)[O-])c([N+](=O)[O-])c([N+](=O)[O-])c([N+](=O)[O-])c2-c2c([N+](=O)[O-])cc([N+](=O)[O-])cc2[N+](=O)[O-])c([N+](=O)[O-])c1. The van der Waals surface area contributed by atoms with Crippen LogP contribution in [0.1, 0.15) is 0 Å². The lowest BCUT2D eigenvalue weighted by Gasteiger charge is -2.17. The third-order valence-electron chi connectivity index (χ3n) is 7.78. The van der Waals surface area contributed by atoms with Gasteiger partial charge in [0.25, 0.3) is 51.2 Å². The second-order valence-electron chi connectivity index (χ2n) is 10.8. The van der Waals surface area contributed by atoms with E-state index < -0.39 is 161 Å². The minimum absolute atomic E-state index is 0.266. The molecule has 4 aromatic rings. The predicted octanol–water partition coefficient (Wildman–Crippen LogP) is 5.59. The number of nitro benzene ring substituents is 12. The molecular weight excluding hydrogens is 840 g/mol. The van der Waals surface area contributed by atoms with Crippen molar-refractivity contribution < 1.29 is 59.1 Å². The number of hydrogen-bond acceptors (Lipinski definition) is 24. The molecule has 0 aliphatic rings. The number of rotatable bonds is 15. The third kappa shape index (κ3) is 7.02. The zero-order chi connectivity index (χ0) is 45.6. The van der Waals surface area contributed by atoms with Crippen molar-refractivity contribution in [1.82, 2.24) is 0 Å². The van der Waals surface area contributed by atoms with E-state index in [1.54, 1.807) is 0 Å². The number of benzene rings is 4. The highest BCUT2D eigenvalue weighted by molar-refractivity contribution is 6.14. The van der Waals surface area contributed by atoms with Crippen LogP contribution in [0.15, 0.2) is 36.4 Å². The van der Waals surface area contributed by atoms with Crippen molar-refractivity contribution in [2.24, 2.45) is 0 Å². The maximum absolute atomic E-state index is 12.9. The largest absolute Gasteiger partial charge is 0.423 e. The maximum atomic E-state index is 12.9. The van der Waals surface area contributed by atoms with Gasteiger partial charge in [-0.3, -0.25) is 121 Å². The summed E-state index contributed by atoms with van der Waals surface area (Å²) < 4.78 is 0. The van der Waals surface area contributed by atoms with Crippen LogP contribution in [0.4, 0.5) is 68.2 Å². The summed E-state index contributed by atoms with van der Waals surface area (Å²) >= 11 is 0. The lowest BCUT2D eigenvalue weighted by molar-refractivity contribution is -0.440. The molecule has 60 heavy (non-hydrogen) atoms. The highest BCUT2D eigenvalue weighted by Gasteiger charge is 2.53. The van der Waals surface area contributed by atoms with Gasteiger partial charge in [0.05, 0.1) is 107 Å². The van der Waals surface area contributed by atoms with E-state index in [1.165, 1.54) is 0 Å². The van der Waals surface area contributed by atoms with Crippen LogP contribution in [0.25, 0.3) is 33.4 Å². The second kappa shape index (κ2) is 15.1. The van der Waals surface area contributed by atoms with Crippen molar-refractivity contribution in [3.63, 3.8) is 0 Å². The Hall–Kier alpha value is -10.3. The third-order valence-corrected chi connectivity index (χ3v) is 7.78. The molecule has 306 valence electrons. The van der Waals surface area contributed by atoms with Gasteiger partial charge >= 0.3 is 17.1 Å². The molecule has 0 heterocycles. The normalized spacial score (nSPS) is 10.6. The first-order valence-corrected chi connectivity index (χ1v) is 14.3. The van der Waals surface area contributed by atoms with Crippen LogP contribution < -0.4 is 0 Å². The summed E-state index contributed by atoms with van der Waals surface area (Å²) in [6.07, 6.45) is 0. The molecule has 0 aliphatic heterocycles. The molecule has 0 aromatic heterocycles. The molecule has 0 fully saturated rings. The van der Waals surface area contributed by atoms with E-state index in [9.17, 15) is 121 Å². The summed E-state index contributed by atoms with van der Waals surface area (Å²) in [6, 6.07) is -1.61. The fourth-order valence-electron chi connectivity index (χ4n) is 5.72. The quantitative estimate of drug-likeness (QED) is 0.104. The first-order valence-electron chi connectivity index (χ1n) is 14.3. The van der Waals surface area contributed by atoms with E-state index in [1.807, 2.05) is 0 Å². The Morgan fingerprint density at radius 2 is 0.400 bits per heavy atom. The summed E-state index contributed by atoms with van der Waals surface area (Å²) in [7, 11) is 0. The molecule has 4 aromatic carbocycles. The average molecular weight is 846 g/mol. The summed E-state index contributed by atoms with van der Waals surface area (Å²) in [4.78, 5) is 126. The van der Waals surface area contributed by atoms with Gasteiger partial charge in [-0.1, -0.05) is 0 Å². The Bertz CT molecular complexity index is 2580. The van der Waals surface area contributed by atoms with E-state index in [0.29, 0.717) is 0 Å². The Morgan fingerprint density at radius 1 is 0.217 bits per heavy atom. The van der Waals surface area contributed by atoms with Crippen molar-refractivity contribution >= 4 is 68.2 Å². The van der Waals surface area contributed by atoms with Crippen LogP contribution in [0.5, 0.6) is 0 Å². The molecule has 0 aliphatic carbocycles. The molecule has 0 bridgehead atoms. The Balaban J connectivity index is 2.87. The van der Waals surface area contributed by atoms with E-state index in [-0.39, 0.29) is 36.4 Å². The Morgan fingerprint density at radius 3 is 0.550 bits per heavy atom. The molecule has 0 radical (unpaired) electrons. The summed E-state index contributed by atoms with van der Waals surface area (Å²) in [5.74, 6) is 0. The molecule has 4 rings (SSSR count). The van der Waals surface area contributed by atoms with E-state index >= 15 is 0 Å². The molecule has 0 amide bonds. The van der Waals surface area contributed by atoms with Crippen molar-refractivity contribution in [2.75, 3.05) is 0 Å². The summed E-state index contributed by atoms with van der Waals surface area (Å²) in [5.41, 5.74) is -39.6.